The number of hydrogen-bond acceptors (Lipinski definition) is 7. The van der Waals surface area contributed by atoms with Gasteiger partial charge in [-0.05, 0) is 92.5 Å². The summed E-state index contributed by atoms with van der Waals surface area (Å²) in [5.41, 5.74) is 2.27. The van der Waals surface area contributed by atoms with Crippen LogP contribution in [0, 0.1) is 10.1 Å². The summed E-state index contributed by atoms with van der Waals surface area (Å²) in [4.78, 5) is 17.4. The molecule has 0 amide bonds. The van der Waals surface area contributed by atoms with Crippen LogP contribution in [0.3, 0.4) is 0 Å². The maximum atomic E-state index is 11.3. The predicted molar refractivity (Wildman–Crippen MR) is 155 cm³/mol. The number of benzene rings is 2. The Labute approximate surface area is 236 Å². The van der Waals surface area contributed by atoms with Crippen molar-refractivity contribution in [3.05, 3.63) is 101 Å². The fraction of sp³-hybridized carbons (Fsp3) is 0.267. The summed E-state index contributed by atoms with van der Waals surface area (Å²) >= 11 is 5.83. The number of nitro groups is 1. The van der Waals surface area contributed by atoms with E-state index in [9.17, 15) is 10.1 Å². The molecule has 1 saturated heterocycles. The number of furan rings is 1. The Morgan fingerprint density at radius 1 is 1.07 bits per heavy atom. The number of methoxy groups -OCH3 is 1. The standard InChI is InChI=1S/C30H28N4O5S/c1-37-27-18-20(34(35)36)11-14-23(27)25-15-16-26(39-25)29-28(24-8-4-5-17-31-24)32-30(40)33(29)19-9-12-22(13-10-19)38-21-6-2-3-7-21/h4-5,8-18,21,28-29H,2-3,6-7H2,1H3,(H,32,40). The van der Waals surface area contributed by atoms with Crippen LogP contribution in [0.2, 0.25) is 0 Å². The van der Waals surface area contributed by atoms with Crippen molar-refractivity contribution >= 4 is 28.7 Å². The summed E-state index contributed by atoms with van der Waals surface area (Å²) in [5, 5.41) is 15.3. The average molecular weight is 557 g/mol. The van der Waals surface area contributed by atoms with Crippen molar-refractivity contribution in [2.24, 2.45) is 0 Å². The zero-order chi connectivity index (χ0) is 27.6. The third kappa shape index (κ3) is 4.98. The third-order valence-corrected chi connectivity index (χ3v) is 7.71. The number of nitrogens with one attached hydrogen (secondary N) is 1. The van der Waals surface area contributed by atoms with Crippen LogP contribution < -0.4 is 19.7 Å². The molecule has 1 saturated carbocycles. The minimum absolute atomic E-state index is 0.0560. The van der Waals surface area contributed by atoms with Crippen molar-refractivity contribution in [3.63, 3.8) is 0 Å². The molecular weight excluding hydrogens is 528 g/mol. The van der Waals surface area contributed by atoms with E-state index in [1.165, 1.54) is 32.1 Å². The van der Waals surface area contributed by atoms with Gasteiger partial charge in [-0.1, -0.05) is 6.07 Å². The molecule has 0 radical (unpaired) electrons. The number of nitro benzene ring substituents is 1. The van der Waals surface area contributed by atoms with Crippen molar-refractivity contribution in [3.8, 4) is 22.8 Å². The number of pyridine rings is 1. The molecule has 2 aliphatic rings. The summed E-state index contributed by atoms with van der Waals surface area (Å²) < 4.78 is 18.0. The van der Waals surface area contributed by atoms with Crippen LogP contribution in [0.1, 0.15) is 49.2 Å². The molecule has 2 atom stereocenters. The lowest BCUT2D eigenvalue weighted by Crippen LogP contribution is -2.29. The molecule has 1 aliphatic carbocycles. The van der Waals surface area contributed by atoms with Crippen LogP contribution in [0.15, 0.2) is 83.4 Å². The van der Waals surface area contributed by atoms with E-state index in [0.29, 0.717) is 27.9 Å². The van der Waals surface area contributed by atoms with Crippen molar-refractivity contribution in [1.29, 1.82) is 0 Å². The maximum Gasteiger partial charge on any atom is 0.273 e. The van der Waals surface area contributed by atoms with Crippen molar-refractivity contribution in [2.45, 2.75) is 43.9 Å². The molecule has 1 N–H and O–H groups in total. The maximum absolute atomic E-state index is 11.3. The Morgan fingerprint density at radius 3 is 2.58 bits per heavy atom. The highest BCUT2D eigenvalue weighted by Crippen LogP contribution is 2.44. The highest BCUT2D eigenvalue weighted by Gasteiger charge is 2.42. The van der Waals surface area contributed by atoms with Gasteiger partial charge >= 0.3 is 0 Å². The second kappa shape index (κ2) is 11.0. The van der Waals surface area contributed by atoms with E-state index in [4.69, 9.17) is 26.1 Å². The van der Waals surface area contributed by atoms with Gasteiger partial charge in [-0.15, -0.1) is 0 Å². The minimum atomic E-state index is -0.454. The van der Waals surface area contributed by atoms with Gasteiger partial charge in [-0.3, -0.25) is 15.1 Å². The molecule has 0 bridgehead atoms. The SMILES string of the molecule is COc1cc([N+](=O)[O-])ccc1-c1ccc(C2C(c3ccccn3)NC(=S)N2c2ccc(OC3CCCC3)cc2)o1. The topological polar surface area (TPSA) is 103 Å². The van der Waals surface area contributed by atoms with Crippen LogP contribution in [0.4, 0.5) is 11.4 Å². The second-order valence-corrected chi connectivity index (χ2v) is 10.2. The predicted octanol–water partition coefficient (Wildman–Crippen LogP) is 6.76. The Bertz CT molecular complexity index is 1520. The molecule has 0 spiro atoms. The quantitative estimate of drug-likeness (QED) is 0.143. The number of ether oxygens (including phenoxy) is 2. The molecule has 10 heteroatoms. The number of hydrogen-bond donors (Lipinski definition) is 1. The van der Waals surface area contributed by atoms with Gasteiger partial charge in [0.05, 0.1) is 41.5 Å². The molecular formula is C30H28N4O5S. The van der Waals surface area contributed by atoms with Crippen LogP contribution in [0.25, 0.3) is 11.3 Å². The van der Waals surface area contributed by atoms with Crippen LogP contribution in [-0.4, -0.2) is 28.2 Å². The lowest BCUT2D eigenvalue weighted by molar-refractivity contribution is -0.384. The van der Waals surface area contributed by atoms with E-state index >= 15 is 0 Å². The number of thiocarbonyl (C=S) groups is 1. The molecule has 2 aromatic carbocycles. The highest BCUT2D eigenvalue weighted by molar-refractivity contribution is 7.80. The van der Waals surface area contributed by atoms with Gasteiger partial charge < -0.3 is 24.1 Å². The first-order chi connectivity index (χ1) is 19.5. The first-order valence-corrected chi connectivity index (χ1v) is 13.6. The first-order valence-electron chi connectivity index (χ1n) is 13.2. The van der Waals surface area contributed by atoms with E-state index in [0.717, 1.165) is 30.0 Å². The normalized spacial score (nSPS) is 19.0. The van der Waals surface area contributed by atoms with Gasteiger partial charge in [0.15, 0.2) is 5.11 Å². The van der Waals surface area contributed by atoms with Crippen LogP contribution in [-0.2, 0) is 0 Å². The summed E-state index contributed by atoms with van der Waals surface area (Å²) in [6, 6.07) is 21.3. The van der Waals surface area contributed by atoms with E-state index in [1.54, 1.807) is 12.3 Å². The molecule has 1 aliphatic heterocycles. The van der Waals surface area contributed by atoms with E-state index in [1.807, 2.05) is 59.5 Å². The van der Waals surface area contributed by atoms with Gasteiger partial charge in [0.2, 0.25) is 0 Å². The Balaban J connectivity index is 1.36. The number of non-ortho nitro benzene ring substituents is 1. The van der Waals surface area contributed by atoms with Gasteiger partial charge in [-0.25, -0.2) is 0 Å². The monoisotopic (exact) mass is 556 g/mol. The number of rotatable bonds is 8. The highest BCUT2D eigenvalue weighted by atomic mass is 32.1. The molecule has 40 heavy (non-hydrogen) atoms. The average Bonchev–Trinajstić information content (AvgIpc) is 3.74. The minimum Gasteiger partial charge on any atom is -0.496 e. The molecule has 4 aromatic rings. The van der Waals surface area contributed by atoms with Gasteiger partial charge in [0, 0.05) is 18.0 Å². The lowest BCUT2D eigenvalue weighted by Gasteiger charge is -2.26. The Hall–Kier alpha value is -4.44. The zero-order valence-corrected chi connectivity index (χ0v) is 22.7. The third-order valence-electron chi connectivity index (χ3n) is 7.40. The fourth-order valence-corrected chi connectivity index (χ4v) is 5.81. The number of aromatic nitrogens is 1. The zero-order valence-electron chi connectivity index (χ0n) is 21.9. The smallest absolute Gasteiger partial charge is 0.273 e. The van der Waals surface area contributed by atoms with Crippen molar-refractivity contribution < 1.29 is 18.8 Å². The Morgan fingerprint density at radius 2 is 1.88 bits per heavy atom. The second-order valence-electron chi connectivity index (χ2n) is 9.86. The van der Waals surface area contributed by atoms with Crippen molar-refractivity contribution in [2.75, 3.05) is 12.0 Å². The number of nitrogens with zero attached hydrogens (tertiary/aromatic N) is 3. The summed E-state index contributed by atoms with van der Waals surface area (Å²) in [5.74, 6) is 2.38. The summed E-state index contributed by atoms with van der Waals surface area (Å²) in [6.07, 6.45) is 6.64. The van der Waals surface area contributed by atoms with E-state index in [-0.39, 0.29) is 23.9 Å². The molecule has 9 nitrogen and oxygen atoms in total. The van der Waals surface area contributed by atoms with Crippen molar-refractivity contribution in [1.82, 2.24) is 10.3 Å². The Kier molecular flexibility index (Phi) is 7.08. The van der Waals surface area contributed by atoms with Gasteiger partial charge in [-0.2, -0.15) is 0 Å². The summed E-state index contributed by atoms with van der Waals surface area (Å²) in [6.45, 7) is 0. The van der Waals surface area contributed by atoms with Crippen LogP contribution >= 0.6 is 12.2 Å². The van der Waals surface area contributed by atoms with Gasteiger partial charge in [0.1, 0.15) is 29.1 Å². The molecule has 3 heterocycles. The molecule has 2 unspecified atom stereocenters. The molecule has 2 aromatic heterocycles. The van der Waals surface area contributed by atoms with E-state index < -0.39 is 4.92 Å². The molecule has 2 fully saturated rings. The largest absolute Gasteiger partial charge is 0.496 e. The van der Waals surface area contributed by atoms with Crippen LogP contribution in [0.5, 0.6) is 11.5 Å². The number of anilines is 1. The van der Waals surface area contributed by atoms with Gasteiger partial charge in [0.25, 0.3) is 5.69 Å². The lowest BCUT2D eigenvalue weighted by atomic mass is 10.0. The summed E-state index contributed by atoms with van der Waals surface area (Å²) in [7, 11) is 1.48. The van der Waals surface area contributed by atoms with E-state index in [2.05, 4.69) is 10.3 Å². The molecule has 6 rings (SSSR count). The molecule has 204 valence electrons. The first kappa shape index (κ1) is 25.8. The fourth-order valence-electron chi connectivity index (χ4n) is 5.46.